The summed E-state index contributed by atoms with van der Waals surface area (Å²) in [4.78, 5) is 15.0. The van der Waals surface area contributed by atoms with E-state index in [4.69, 9.17) is 18.9 Å². The van der Waals surface area contributed by atoms with E-state index in [2.05, 4.69) is 6.58 Å². The Morgan fingerprint density at radius 2 is 1.71 bits per heavy atom. The van der Waals surface area contributed by atoms with Gasteiger partial charge in [0.25, 0.3) is 5.91 Å². The highest BCUT2D eigenvalue weighted by atomic mass is 16.5. The van der Waals surface area contributed by atoms with E-state index in [9.17, 15) is 4.79 Å². The van der Waals surface area contributed by atoms with Gasteiger partial charge in [-0.15, -0.1) is 0 Å². The van der Waals surface area contributed by atoms with Crippen molar-refractivity contribution >= 4 is 11.6 Å². The highest BCUT2D eigenvalue weighted by molar-refractivity contribution is 6.04. The average Bonchev–Trinajstić information content (AvgIpc) is 2.96. The van der Waals surface area contributed by atoms with E-state index in [0.29, 0.717) is 54.7 Å². The molecule has 2 aromatic rings. The molecule has 0 spiro atoms. The molecule has 6 nitrogen and oxygen atoms in total. The summed E-state index contributed by atoms with van der Waals surface area (Å²) in [5.74, 6) is 2.21. The lowest BCUT2D eigenvalue weighted by Gasteiger charge is -2.32. The highest BCUT2D eigenvalue weighted by Gasteiger charge is 2.30. The fourth-order valence-corrected chi connectivity index (χ4v) is 3.66. The van der Waals surface area contributed by atoms with Gasteiger partial charge in [-0.1, -0.05) is 12.6 Å². The summed E-state index contributed by atoms with van der Waals surface area (Å²) in [6.07, 6.45) is 1.55. The van der Waals surface area contributed by atoms with Crippen molar-refractivity contribution in [1.82, 2.24) is 4.90 Å². The minimum absolute atomic E-state index is 0.197. The molecule has 0 atom stereocenters. The van der Waals surface area contributed by atoms with Crippen molar-refractivity contribution in [3.63, 3.8) is 0 Å². The maximum atomic E-state index is 13.4. The van der Waals surface area contributed by atoms with Crippen LogP contribution in [0.15, 0.2) is 36.9 Å². The smallest absolute Gasteiger partial charge is 0.265 e. The van der Waals surface area contributed by atoms with E-state index < -0.39 is 0 Å². The second-order valence-electron chi connectivity index (χ2n) is 6.70. The zero-order chi connectivity index (χ0) is 19.7. The molecule has 2 aliphatic heterocycles. The molecule has 0 radical (unpaired) electrons. The number of hydrogen-bond donors (Lipinski definition) is 0. The van der Waals surface area contributed by atoms with Crippen molar-refractivity contribution in [2.24, 2.45) is 0 Å². The van der Waals surface area contributed by atoms with Gasteiger partial charge in [0.1, 0.15) is 17.1 Å². The number of fused-ring (bicyclic) bond motifs is 2. The monoisotopic (exact) mass is 381 g/mol. The first-order valence-electron chi connectivity index (χ1n) is 9.28. The zero-order valence-corrected chi connectivity index (χ0v) is 16.1. The van der Waals surface area contributed by atoms with Crippen LogP contribution in [-0.2, 0) is 6.42 Å². The molecule has 1 amide bonds. The number of ether oxygens (including phenoxy) is 4. The Morgan fingerprint density at radius 3 is 2.36 bits per heavy atom. The minimum Gasteiger partial charge on any atom is -0.496 e. The van der Waals surface area contributed by atoms with Crippen LogP contribution < -0.4 is 18.9 Å². The molecule has 0 aliphatic carbocycles. The van der Waals surface area contributed by atoms with Gasteiger partial charge < -0.3 is 23.8 Å². The van der Waals surface area contributed by atoms with Gasteiger partial charge in [-0.3, -0.25) is 4.79 Å². The van der Waals surface area contributed by atoms with Crippen LogP contribution in [0, 0.1) is 0 Å². The van der Waals surface area contributed by atoms with Crippen molar-refractivity contribution in [1.29, 1.82) is 0 Å². The summed E-state index contributed by atoms with van der Waals surface area (Å²) in [7, 11) is 3.08. The van der Waals surface area contributed by atoms with Crippen molar-refractivity contribution in [3.05, 3.63) is 53.6 Å². The van der Waals surface area contributed by atoms with E-state index >= 15 is 0 Å². The molecule has 0 N–H and O–H groups in total. The lowest BCUT2D eigenvalue weighted by atomic mass is 9.95. The predicted molar refractivity (Wildman–Crippen MR) is 105 cm³/mol. The van der Waals surface area contributed by atoms with Gasteiger partial charge in [0.15, 0.2) is 11.5 Å². The van der Waals surface area contributed by atoms with Crippen LogP contribution in [-0.4, -0.2) is 44.8 Å². The summed E-state index contributed by atoms with van der Waals surface area (Å²) < 4.78 is 22.4. The third-order valence-corrected chi connectivity index (χ3v) is 5.10. The maximum Gasteiger partial charge on any atom is 0.265 e. The summed E-state index contributed by atoms with van der Waals surface area (Å²) in [5.41, 5.74) is 3.03. The van der Waals surface area contributed by atoms with Gasteiger partial charge in [0, 0.05) is 24.2 Å². The van der Waals surface area contributed by atoms with E-state index in [-0.39, 0.29) is 5.91 Å². The molecule has 0 bridgehead atoms. The fraction of sp³-hybridized carbons (Fsp3) is 0.318. The molecule has 4 rings (SSSR count). The second kappa shape index (κ2) is 7.46. The van der Waals surface area contributed by atoms with Crippen molar-refractivity contribution in [3.8, 4) is 23.0 Å². The van der Waals surface area contributed by atoms with Gasteiger partial charge in [0.05, 0.1) is 27.4 Å². The van der Waals surface area contributed by atoms with Gasteiger partial charge in [0.2, 0.25) is 0 Å². The van der Waals surface area contributed by atoms with Crippen LogP contribution in [0.4, 0.5) is 0 Å². The van der Waals surface area contributed by atoms with E-state index in [1.807, 2.05) is 12.1 Å². The van der Waals surface area contributed by atoms with E-state index in [1.165, 1.54) is 0 Å². The Bertz CT molecular complexity index is 915. The maximum absolute atomic E-state index is 13.4. The predicted octanol–water partition coefficient (Wildman–Crippen LogP) is 3.53. The van der Waals surface area contributed by atoms with Crippen molar-refractivity contribution in [2.45, 2.75) is 12.8 Å². The largest absolute Gasteiger partial charge is 0.496 e. The average molecular weight is 381 g/mol. The summed E-state index contributed by atoms with van der Waals surface area (Å²) >= 11 is 0. The van der Waals surface area contributed by atoms with Crippen LogP contribution >= 0.6 is 0 Å². The van der Waals surface area contributed by atoms with Crippen molar-refractivity contribution < 1.29 is 23.7 Å². The molecule has 0 saturated heterocycles. The molecule has 2 aliphatic rings. The van der Waals surface area contributed by atoms with E-state index in [1.54, 1.807) is 37.3 Å². The Labute approximate surface area is 164 Å². The molecular weight excluding hydrogens is 358 g/mol. The normalized spacial score (nSPS) is 15.5. The molecule has 6 heteroatoms. The number of nitrogens with zero attached hydrogens (tertiary/aromatic N) is 1. The Balaban J connectivity index is 1.70. The lowest BCUT2D eigenvalue weighted by molar-refractivity contribution is 0.0826. The summed E-state index contributed by atoms with van der Waals surface area (Å²) in [5, 5.41) is 0. The zero-order valence-electron chi connectivity index (χ0n) is 16.1. The topological polar surface area (TPSA) is 57.2 Å². The number of rotatable bonds is 3. The van der Waals surface area contributed by atoms with Gasteiger partial charge in [-0.25, -0.2) is 0 Å². The van der Waals surface area contributed by atoms with Crippen LogP contribution in [0.25, 0.3) is 5.70 Å². The first-order chi connectivity index (χ1) is 13.6. The van der Waals surface area contributed by atoms with Crippen molar-refractivity contribution in [2.75, 3.05) is 34.0 Å². The molecule has 28 heavy (non-hydrogen) atoms. The second-order valence-corrected chi connectivity index (χ2v) is 6.70. The number of hydrogen-bond acceptors (Lipinski definition) is 5. The number of carbonyl (C=O) groups excluding carboxylic acids is 1. The minimum atomic E-state index is -0.197. The molecule has 2 aromatic carbocycles. The number of amides is 1. The SMILES string of the molecule is C=C1c2cc3c(cc2CCN1C(=O)c1c(OC)cccc1OC)OCCCO3. The summed E-state index contributed by atoms with van der Waals surface area (Å²) in [6, 6.07) is 9.23. The molecular formula is C22H23NO5. The van der Waals surface area contributed by atoms with Crippen LogP contribution in [0.2, 0.25) is 0 Å². The third-order valence-electron chi connectivity index (χ3n) is 5.10. The van der Waals surface area contributed by atoms with Crippen LogP contribution in [0.1, 0.15) is 27.9 Å². The first kappa shape index (κ1) is 18.2. The standard InChI is InChI=1S/C22H23NO5/c1-14-16-13-20-19(27-10-5-11-28-20)12-15(16)8-9-23(14)22(24)21-17(25-2)6-4-7-18(21)26-3/h4,6-7,12-13H,1,5,8-11H2,2-3H3. The Hall–Kier alpha value is -3.15. The Kier molecular flexibility index (Phi) is 4.86. The molecule has 0 unspecified atom stereocenters. The third kappa shape index (κ3) is 3.05. The fourth-order valence-electron chi connectivity index (χ4n) is 3.66. The molecule has 0 saturated carbocycles. The van der Waals surface area contributed by atoms with Gasteiger partial charge in [-0.05, 0) is 36.2 Å². The lowest BCUT2D eigenvalue weighted by Crippen LogP contribution is -2.35. The molecule has 146 valence electrons. The molecule has 0 fully saturated rings. The molecule has 2 heterocycles. The van der Waals surface area contributed by atoms with Gasteiger partial charge >= 0.3 is 0 Å². The summed E-state index contributed by atoms with van der Waals surface area (Å²) in [6.45, 7) is 5.97. The number of carbonyl (C=O) groups is 1. The number of methoxy groups -OCH3 is 2. The van der Waals surface area contributed by atoms with Crippen LogP contribution in [0.3, 0.4) is 0 Å². The first-order valence-corrected chi connectivity index (χ1v) is 9.28. The van der Waals surface area contributed by atoms with E-state index in [0.717, 1.165) is 23.3 Å². The quantitative estimate of drug-likeness (QED) is 0.814. The van der Waals surface area contributed by atoms with Gasteiger partial charge in [-0.2, -0.15) is 0 Å². The number of benzene rings is 2. The van der Waals surface area contributed by atoms with Crippen LogP contribution in [0.5, 0.6) is 23.0 Å². The highest BCUT2D eigenvalue weighted by Crippen LogP contribution is 2.40. The molecule has 0 aromatic heterocycles. The Morgan fingerprint density at radius 1 is 1.07 bits per heavy atom.